The molecule has 1 atom stereocenters. The van der Waals surface area contributed by atoms with Crippen molar-refractivity contribution in [3.63, 3.8) is 0 Å². The van der Waals surface area contributed by atoms with Crippen molar-refractivity contribution in [2.24, 2.45) is 15.7 Å². The van der Waals surface area contributed by atoms with Crippen LogP contribution in [0.4, 0.5) is 4.20 Å². The third-order valence-electron chi connectivity index (χ3n) is 8.16. The number of guanidine groups is 2. The van der Waals surface area contributed by atoms with Crippen LogP contribution in [0.1, 0.15) is 17.3 Å². The van der Waals surface area contributed by atoms with E-state index >= 15 is 4.20 Å². The third-order valence-corrected chi connectivity index (χ3v) is 13.3. The van der Waals surface area contributed by atoms with Crippen molar-refractivity contribution >= 4 is 34.7 Å². The number of aliphatic imine (C=N–C) groups is 2. The van der Waals surface area contributed by atoms with Gasteiger partial charge in [0, 0.05) is 0 Å². The van der Waals surface area contributed by atoms with Gasteiger partial charge in [0.25, 0.3) is 0 Å². The SMILES string of the molecule is NC1=NC(c2ccc(OCCP(F)(c3ccccc3)(c3ccccc3)c3ccccc3)cc2)NC(=NCCc2ccccc2)N1. The quantitative estimate of drug-likeness (QED) is 0.169. The summed E-state index contributed by atoms with van der Waals surface area (Å²) in [4.78, 5) is 9.15. The molecule has 0 spiro atoms. The van der Waals surface area contributed by atoms with Crippen LogP contribution in [0.15, 0.2) is 156 Å². The van der Waals surface area contributed by atoms with Crippen LogP contribution >= 0.6 is 6.91 Å². The molecule has 0 aliphatic carbocycles. The van der Waals surface area contributed by atoms with Gasteiger partial charge in [-0.3, -0.25) is 0 Å². The molecule has 1 aliphatic heterocycles. The van der Waals surface area contributed by atoms with Crippen LogP contribution in [0.25, 0.3) is 0 Å². The van der Waals surface area contributed by atoms with Crippen molar-refractivity contribution in [2.45, 2.75) is 12.6 Å². The fourth-order valence-electron chi connectivity index (χ4n) is 5.81. The standard InChI is InChI=1S/C37H37FN5OP/c38-45(32-15-7-2-8-16-32,33-17-9-3-10-18-33,34-19-11-4-12-20-34)28-27-44-31-23-21-30(22-24-31)35-41-36(39)43-37(42-35)40-26-25-29-13-5-1-6-14-29/h1-24,35H,25-28H2,(H4,39,40,41,42,43). The van der Waals surface area contributed by atoms with E-state index in [0.717, 1.165) is 12.0 Å². The molecule has 228 valence electrons. The van der Waals surface area contributed by atoms with Gasteiger partial charge in [-0.15, -0.1) is 0 Å². The minimum atomic E-state index is -4.37. The summed E-state index contributed by atoms with van der Waals surface area (Å²) < 4.78 is 24.9. The molecule has 5 aromatic rings. The molecule has 1 heterocycles. The topological polar surface area (TPSA) is 84.0 Å². The van der Waals surface area contributed by atoms with Gasteiger partial charge in [-0.25, -0.2) is 0 Å². The van der Waals surface area contributed by atoms with Crippen molar-refractivity contribution < 1.29 is 8.93 Å². The number of nitrogens with zero attached hydrogens (tertiary/aromatic N) is 2. The number of ether oxygens (including phenoxy) is 1. The molecule has 0 radical (unpaired) electrons. The van der Waals surface area contributed by atoms with Crippen molar-refractivity contribution in [3.05, 3.63) is 157 Å². The first-order valence-corrected chi connectivity index (χ1v) is 17.4. The molecule has 45 heavy (non-hydrogen) atoms. The Labute approximate surface area is 264 Å². The van der Waals surface area contributed by atoms with Crippen LogP contribution in [-0.4, -0.2) is 31.2 Å². The van der Waals surface area contributed by atoms with E-state index in [0.29, 0.717) is 40.1 Å². The maximum absolute atomic E-state index is 18.6. The van der Waals surface area contributed by atoms with Gasteiger partial charge >= 0.3 is 222 Å². The average Bonchev–Trinajstić information content (AvgIpc) is 3.10. The van der Waals surface area contributed by atoms with Gasteiger partial charge in [0.05, 0.1) is 0 Å². The van der Waals surface area contributed by atoms with Gasteiger partial charge < -0.3 is 0 Å². The molecule has 6 rings (SSSR count). The van der Waals surface area contributed by atoms with Crippen molar-refractivity contribution in [1.82, 2.24) is 10.6 Å². The monoisotopic (exact) mass is 617 g/mol. The van der Waals surface area contributed by atoms with Crippen LogP contribution < -0.4 is 37.0 Å². The summed E-state index contributed by atoms with van der Waals surface area (Å²) in [6.45, 7) is -3.56. The summed E-state index contributed by atoms with van der Waals surface area (Å²) in [5.41, 5.74) is 8.22. The first-order chi connectivity index (χ1) is 22.0. The first kappa shape index (κ1) is 30.0. The zero-order valence-corrected chi connectivity index (χ0v) is 25.9. The molecule has 0 amide bonds. The number of benzene rings is 5. The molecular formula is C37H37FN5OP. The Morgan fingerprint density at radius 1 is 0.711 bits per heavy atom. The molecule has 5 aromatic carbocycles. The van der Waals surface area contributed by atoms with Crippen molar-refractivity contribution in [2.75, 3.05) is 19.3 Å². The average molecular weight is 618 g/mol. The molecule has 0 saturated heterocycles. The molecule has 6 nitrogen and oxygen atoms in total. The summed E-state index contributed by atoms with van der Waals surface area (Å²) >= 11 is 0. The van der Waals surface area contributed by atoms with Gasteiger partial charge in [0.15, 0.2) is 0 Å². The second-order valence-corrected chi connectivity index (χ2v) is 15.3. The Morgan fingerprint density at radius 3 is 1.76 bits per heavy atom. The molecule has 8 heteroatoms. The summed E-state index contributed by atoms with van der Waals surface area (Å²) in [7, 11) is 0. The van der Waals surface area contributed by atoms with E-state index in [4.69, 9.17) is 10.5 Å². The van der Waals surface area contributed by atoms with Gasteiger partial charge in [0.1, 0.15) is 0 Å². The number of nitrogens with one attached hydrogen (secondary N) is 2. The summed E-state index contributed by atoms with van der Waals surface area (Å²) in [6, 6.07) is 46.5. The molecular weight excluding hydrogens is 580 g/mol. The number of rotatable bonds is 11. The minimum absolute atomic E-state index is 0.196. The van der Waals surface area contributed by atoms with E-state index in [1.807, 2.05) is 133 Å². The number of halogens is 1. The third kappa shape index (κ3) is 6.45. The normalized spacial score (nSPS) is 16.5. The zero-order valence-electron chi connectivity index (χ0n) is 25.0. The molecule has 0 fully saturated rings. The van der Waals surface area contributed by atoms with E-state index < -0.39 is 13.1 Å². The Morgan fingerprint density at radius 2 is 1.22 bits per heavy atom. The zero-order chi connectivity index (χ0) is 31.0. The van der Waals surface area contributed by atoms with Gasteiger partial charge in [0.2, 0.25) is 0 Å². The van der Waals surface area contributed by atoms with Crippen LogP contribution in [0.3, 0.4) is 0 Å². The second kappa shape index (κ2) is 13.3. The van der Waals surface area contributed by atoms with Crippen molar-refractivity contribution in [3.8, 4) is 5.75 Å². The number of hydrogen-bond acceptors (Lipinski definition) is 4. The Kier molecular flexibility index (Phi) is 8.90. The van der Waals surface area contributed by atoms with Gasteiger partial charge in [-0.05, 0) is 12.0 Å². The van der Waals surface area contributed by atoms with E-state index in [2.05, 4.69) is 32.8 Å². The molecule has 0 aromatic heterocycles. The fourth-order valence-corrected chi connectivity index (χ4v) is 10.3. The molecule has 1 aliphatic rings. The van der Waals surface area contributed by atoms with Crippen LogP contribution in [0.5, 0.6) is 5.75 Å². The first-order valence-electron chi connectivity index (χ1n) is 15.1. The summed E-state index contributed by atoms with van der Waals surface area (Å²) in [5, 5.41) is 8.39. The molecule has 1 unspecified atom stereocenters. The Hall–Kier alpha value is -5.00. The maximum atomic E-state index is 18.6. The molecule has 0 bridgehead atoms. The van der Waals surface area contributed by atoms with E-state index in [1.165, 1.54) is 5.56 Å². The molecule has 4 N–H and O–H groups in total. The Balaban J connectivity index is 1.18. The van der Waals surface area contributed by atoms with Crippen LogP contribution in [0, 0.1) is 0 Å². The van der Waals surface area contributed by atoms with E-state index in [9.17, 15) is 0 Å². The summed E-state index contributed by atoms with van der Waals surface area (Å²) in [5.74, 6) is 1.54. The van der Waals surface area contributed by atoms with Gasteiger partial charge in [-0.1, -0.05) is 30.3 Å². The number of hydrogen-bond donors (Lipinski definition) is 3. The van der Waals surface area contributed by atoms with E-state index in [1.54, 1.807) is 0 Å². The predicted molar refractivity (Wildman–Crippen MR) is 186 cm³/mol. The second-order valence-electron chi connectivity index (χ2n) is 11.0. The molecule has 0 saturated carbocycles. The Bertz CT molecular complexity index is 1650. The van der Waals surface area contributed by atoms with Gasteiger partial charge in [-0.2, -0.15) is 0 Å². The van der Waals surface area contributed by atoms with Crippen LogP contribution in [-0.2, 0) is 6.42 Å². The van der Waals surface area contributed by atoms with Crippen LogP contribution in [0.2, 0.25) is 0 Å². The predicted octanol–water partition coefficient (Wildman–Crippen LogP) is 5.58. The van der Waals surface area contributed by atoms with Crippen molar-refractivity contribution in [1.29, 1.82) is 0 Å². The fraction of sp³-hybridized carbons (Fsp3) is 0.135. The summed E-state index contributed by atoms with van der Waals surface area (Å²) in [6.07, 6.45) is 0.632. The van der Waals surface area contributed by atoms with E-state index in [-0.39, 0.29) is 12.8 Å². The number of nitrogens with two attached hydrogens (primary N) is 1.